The number of likely N-dealkylation sites (tertiary alicyclic amines) is 1. The average Bonchev–Trinajstić information content (AvgIpc) is 3.18. The summed E-state index contributed by atoms with van der Waals surface area (Å²) in [5.74, 6) is 0.0226. The summed E-state index contributed by atoms with van der Waals surface area (Å²) in [7, 11) is 0. The molecule has 0 bridgehead atoms. The van der Waals surface area contributed by atoms with Crippen molar-refractivity contribution in [3.8, 4) is 0 Å². The Morgan fingerprint density at radius 2 is 1.55 bits per heavy atom. The minimum atomic E-state index is -0.516. The fraction of sp³-hybridized carbons (Fsp3) is 0.444. The number of rotatable bonds is 4. The summed E-state index contributed by atoms with van der Waals surface area (Å²) in [5.41, 5.74) is 1.34. The third kappa shape index (κ3) is 5.10. The predicted octanol–water partition coefficient (Wildman–Crippen LogP) is 5.08. The number of amides is 3. The van der Waals surface area contributed by atoms with E-state index in [1.54, 1.807) is 24.3 Å². The number of carbonyl (C=O) groups excluding carboxylic acids is 3. The molecule has 3 atom stereocenters. The number of fused-ring (bicyclic) bond motifs is 1. The highest BCUT2D eigenvalue weighted by Gasteiger charge is 2.47. The highest BCUT2D eigenvalue weighted by Crippen LogP contribution is 2.41. The van der Waals surface area contributed by atoms with E-state index in [9.17, 15) is 14.4 Å². The van der Waals surface area contributed by atoms with Gasteiger partial charge in [-0.2, -0.15) is 0 Å². The zero-order chi connectivity index (χ0) is 23.6. The molecule has 174 valence electrons. The van der Waals surface area contributed by atoms with Crippen LogP contribution in [0.4, 0.5) is 11.4 Å². The van der Waals surface area contributed by atoms with Crippen molar-refractivity contribution in [1.82, 2.24) is 4.90 Å². The Bertz CT molecular complexity index is 1030. The van der Waals surface area contributed by atoms with E-state index in [0.717, 1.165) is 25.7 Å². The van der Waals surface area contributed by atoms with Gasteiger partial charge in [-0.1, -0.05) is 57.9 Å². The maximum Gasteiger partial charge on any atom is 0.254 e. The summed E-state index contributed by atoms with van der Waals surface area (Å²) < 4.78 is 0. The molecule has 6 heteroatoms. The smallest absolute Gasteiger partial charge is 0.254 e. The number of hydrogen-bond donors (Lipinski definition) is 2. The van der Waals surface area contributed by atoms with E-state index in [4.69, 9.17) is 0 Å². The molecule has 0 aromatic heterocycles. The van der Waals surface area contributed by atoms with Crippen molar-refractivity contribution in [2.75, 3.05) is 10.6 Å². The van der Waals surface area contributed by atoms with E-state index in [1.807, 2.05) is 56.0 Å². The SMILES string of the molecule is CC(C)(C)C(=O)Nc1cccc(NC(=O)C2CC3CCCCC3N2C(=O)c2ccccc2)c1. The van der Waals surface area contributed by atoms with E-state index in [2.05, 4.69) is 10.6 Å². The second kappa shape index (κ2) is 9.38. The third-order valence-corrected chi connectivity index (χ3v) is 6.72. The van der Waals surface area contributed by atoms with Crippen LogP contribution in [0.3, 0.4) is 0 Å². The molecule has 1 aliphatic heterocycles. The summed E-state index contributed by atoms with van der Waals surface area (Å²) in [6.45, 7) is 5.56. The number of nitrogens with zero attached hydrogens (tertiary/aromatic N) is 1. The molecule has 6 nitrogen and oxygen atoms in total. The molecule has 3 amide bonds. The van der Waals surface area contributed by atoms with Crippen LogP contribution in [0.25, 0.3) is 0 Å². The Morgan fingerprint density at radius 1 is 0.879 bits per heavy atom. The van der Waals surface area contributed by atoms with Crippen LogP contribution < -0.4 is 10.6 Å². The molecule has 1 aliphatic carbocycles. The molecule has 4 rings (SSSR count). The van der Waals surface area contributed by atoms with Crippen LogP contribution >= 0.6 is 0 Å². The molecular weight excluding hydrogens is 414 g/mol. The number of carbonyl (C=O) groups is 3. The summed E-state index contributed by atoms with van der Waals surface area (Å²) in [6.07, 6.45) is 4.93. The molecule has 1 saturated heterocycles. The van der Waals surface area contributed by atoms with Gasteiger partial charge in [-0.3, -0.25) is 14.4 Å². The highest BCUT2D eigenvalue weighted by atomic mass is 16.2. The van der Waals surface area contributed by atoms with Gasteiger partial charge in [-0.05, 0) is 55.5 Å². The molecule has 0 spiro atoms. The summed E-state index contributed by atoms with van der Waals surface area (Å²) in [4.78, 5) is 41.0. The van der Waals surface area contributed by atoms with Gasteiger partial charge in [0.25, 0.3) is 5.91 Å². The van der Waals surface area contributed by atoms with Crippen molar-refractivity contribution >= 4 is 29.1 Å². The zero-order valence-electron chi connectivity index (χ0n) is 19.6. The predicted molar refractivity (Wildman–Crippen MR) is 130 cm³/mol. The molecule has 2 aromatic rings. The number of hydrogen-bond acceptors (Lipinski definition) is 3. The quantitative estimate of drug-likeness (QED) is 0.686. The standard InChI is InChI=1S/C27H33N3O3/c1-27(2,3)26(33)29-21-14-9-13-20(17-21)28-24(31)23-16-19-12-7-8-15-22(19)30(23)25(32)18-10-5-4-6-11-18/h4-6,9-11,13-14,17,19,22-23H,7-8,12,15-16H2,1-3H3,(H,28,31)(H,29,33). The molecule has 3 unspecified atom stereocenters. The Labute approximate surface area is 195 Å². The van der Waals surface area contributed by atoms with Crippen LogP contribution in [-0.2, 0) is 9.59 Å². The second-order valence-electron chi connectivity index (χ2n) is 10.2. The first-order valence-electron chi connectivity index (χ1n) is 11.8. The number of nitrogens with one attached hydrogen (secondary N) is 2. The van der Waals surface area contributed by atoms with Crippen LogP contribution in [-0.4, -0.2) is 34.7 Å². The van der Waals surface area contributed by atoms with E-state index in [0.29, 0.717) is 29.3 Å². The Kier molecular flexibility index (Phi) is 6.54. The lowest BCUT2D eigenvalue weighted by atomic mass is 9.84. The molecule has 2 aliphatic rings. The van der Waals surface area contributed by atoms with E-state index in [-0.39, 0.29) is 23.8 Å². The molecule has 2 aromatic carbocycles. The Morgan fingerprint density at radius 3 is 2.24 bits per heavy atom. The normalized spacial score (nSPS) is 22.4. The maximum atomic E-state index is 13.4. The lowest BCUT2D eigenvalue weighted by Crippen LogP contribution is -2.47. The van der Waals surface area contributed by atoms with Crippen molar-refractivity contribution in [3.63, 3.8) is 0 Å². The lowest BCUT2D eigenvalue weighted by Gasteiger charge is -2.33. The van der Waals surface area contributed by atoms with Crippen molar-refractivity contribution < 1.29 is 14.4 Å². The van der Waals surface area contributed by atoms with Gasteiger partial charge in [0.2, 0.25) is 11.8 Å². The van der Waals surface area contributed by atoms with Gasteiger partial charge in [0.15, 0.2) is 0 Å². The summed E-state index contributed by atoms with van der Waals surface area (Å²) in [5, 5.41) is 5.90. The van der Waals surface area contributed by atoms with Gasteiger partial charge in [-0.25, -0.2) is 0 Å². The lowest BCUT2D eigenvalue weighted by molar-refractivity contribution is -0.123. The Hall–Kier alpha value is -3.15. The van der Waals surface area contributed by atoms with E-state index in [1.165, 1.54) is 0 Å². The fourth-order valence-corrected chi connectivity index (χ4v) is 4.93. The summed E-state index contributed by atoms with van der Waals surface area (Å²) >= 11 is 0. The maximum absolute atomic E-state index is 13.4. The molecule has 2 fully saturated rings. The van der Waals surface area contributed by atoms with Crippen LogP contribution in [0.15, 0.2) is 54.6 Å². The van der Waals surface area contributed by atoms with Crippen LogP contribution in [0.5, 0.6) is 0 Å². The summed E-state index contributed by atoms with van der Waals surface area (Å²) in [6, 6.07) is 16.0. The van der Waals surface area contributed by atoms with Gasteiger partial charge >= 0.3 is 0 Å². The van der Waals surface area contributed by atoms with Crippen molar-refractivity contribution in [2.45, 2.75) is 65.0 Å². The second-order valence-corrected chi connectivity index (χ2v) is 10.2. The van der Waals surface area contributed by atoms with Crippen LogP contribution in [0.1, 0.15) is 63.2 Å². The molecule has 33 heavy (non-hydrogen) atoms. The van der Waals surface area contributed by atoms with Gasteiger partial charge in [0.05, 0.1) is 0 Å². The first-order valence-corrected chi connectivity index (χ1v) is 11.8. The zero-order valence-corrected chi connectivity index (χ0v) is 19.6. The van der Waals surface area contributed by atoms with Gasteiger partial charge < -0.3 is 15.5 Å². The topological polar surface area (TPSA) is 78.5 Å². The van der Waals surface area contributed by atoms with Crippen LogP contribution in [0, 0.1) is 11.3 Å². The molecule has 0 radical (unpaired) electrons. The van der Waals surface area contributed by atoms with E-state index < -0.39 is 11.5 Å². The minimum Gasteiger partial charge on any atom is -0.326 e. The first kappa shape index (κ1) is 23.0. The van der Waals surface area contributed by atoms with Crippen molar-refractivity contribution in [1.29, 1.82) is 0 Å². The number of benzene rings is 2. The van der Waals surface area contributed by atoms with Gasteiger partial charge in [0, 0.05) is 28.4 Å². The number of anilines is 2. The van der Waals surface area contributed by atoms with Crippen LogP contribution in [0.2, 0.25) is 0 Å². The average molecular weight is 448 g/mol. The first-order chi connectivity index (χ1) is 15.7. The largest absolute Gasteiger partial charge is 0.326 e. The minimum absolute atomic E-state index is 0.0728. The monoisotopic (exact) mass is 447 g/mol. The van der Waals surface area contributed by atoms with Crippen molar-refractivity contribution in [2.24, 2.45) is 11.3 Å². The molecular formula is C27H33N3O3. The Balaban J connectivity index is 1.53. The fourth-order valence-electron chi connectivity index (χ4n) is 4.93. The molecule has 1 heterocycles. The molecule has 2 N–H and O–H groups in total. The molecule has 1 saturated carbocycles. The third-order valence-electron chi connectivity index (χ3n) is 6.72. The van der Waals surface area contributed by atoms with Gasteiger partial charge in [-0.15, -0.1) is 0 Å². The highest BCUT2D eigenvalue weighted by molar-refractivity contribution is 6.02. The van der Waals surface area contributed by atoms with E-state index >= 15 is 0 Å². The van der Waals surface area contributed by atoms with Crippen molar-refractivity contribution in [3.05, 3.63) is 60.2 Å². The van der Waals surface area contributed by atoms with Gasteiger partial charge in [0.1, 0.15) is 6.04 Å².